The fraction of sp³-hybridized carbons (Fsp3) is 0.850. The van der Waals surface area contributed by atoms with Crippen molar-refractivity contribution >= 4 is 17.9 Å². The Bertz CT molecular complexity index is 925. The number of hydrogen-bond acceptors (Lipinski definition) is 10. The fourth-order valence-corrected chi connectivity index (χ4v) is 8.12. The summed E-state index contributed by atoms with van der Waals surface area (Å²) in [5.74, 6) is -4.32. The zero-order valence-corrected chi connectivity index (χ0v) is 16.9. The van der Waals surface area contributed by atoms with E-state index in [9.17, 15) is 29.7 Å². The zero-order valence-electron chi connectivity index (χ0n) is 16.9. The predicted molar refractivity (Wildman–Crippen MR) is 92.0 cm³/mol. The summed E-state index contributed by atoms with van der Waals surface area (Å²) >= 11 is 0. The van der Waals surface area contributed by atoms with Crippen LogP contribution in [0.15, 0.2) is 0 Å². The Labute approximate surface area is 171 Å². The highest BCUT2D eigenvalue weighted by atomic mass is 16.8. The van der Waals surface area contributed by atoms with Crippen LogP contribution in [0.3, 0.4) is 0 Å². The van der Waals surface area contributed by atoms with Crippen LogP contribution in [-0.4, -0.2) is 75.1 Å². The lowest BCUT2D eigenvalue weighted by molar-refractivity contribution is -0.239. The molecule has 10 nitrogen and oxygen atoms in total. The van der Waals surface area contributed by atoms with E-state index in [-0.39, 0.29) is 6.42 Å². The van der Waals surface area contributed by atoms with Gasteiger partial charge in [0.25, 0.3) is 0 Å². The average molecular weight is 424 g/mol. The second kappa shape index (κ2) is 4.69. The van der Waals surface area contributed by atoms with Crippen molar-refractivity contribution in [1.29, 1.82) is 0 Å². The monoisotopic (exact) mass is 424 g/mol. The molecule has 4 saturated heterocycles. The second-order valence-electron chi connectivity index (χ2n) is 10.7. The molecule has 2 aliphatic carbocycles. The maximum Gasteiger partial charge on any atom is 0.343 e. The van der Waals surface area contributed by atoms with Gasteiger partial charge in [-0.2, -0.15) is 0 Å². The van der Waals surface area contributed by atoms with Gasteiger partial charge in [0.2, 0.25) is 11.9 Å². The molecule has 0 radical (unpaired) electrons. The molecular formula is C20H24O10. The van der Waals surface area contributed by atoms with Gasteiger partial charge < -0.3 is 34.3 Å². The summed E-state index contributed by atoms with van der Waals surface area (Å²) in [4.78, 5) is 38.2. The summed E-state index contributed by atoms with van der Waals surface area (Å²) in [7, 11) is 0. The van der Waals surface area contributed by atoms with Gasteiger partial charge in [-0.3, -0.25) is 4.79 Å². The number of ether oxygens (including phenoxy) is 4. The molecule has 3 N–H and O–H groups in total. The first-order valence-corrected chi connectivity index (χ1v) is 10.2. The lowest BCUT2D eigenvalue weighted by atomic mass is 9.51. The highest BCUT2D eigenvalue weighted by Crippen LogP contribution is 2.84. The number of carbonyl (C=O) groups excluding carboxylic acids is 3. The van der Waals surface area contributed by atoms with E-state index in [0.717, 1.165) is 0 Å². The van der Waals surface area contributed by atoms with Crippen molar-refractivity contribution in [2.45, 2.75) is 76.0 Å². The van der Waals surface area contributed by atoms with Crippen molar-refractivity contribution in [3.8, 4) is 0 Å². The van der Waals surface area contributed by atoms with E-state index in [1.165, 1.54) is 6.92 Å². The molecular weight excluding hydrogens is 400 g/mol. The molecule has 4 aliphatic heterocycles. The Hall–Kier alpha value is -1.75. The van der Waals surface area contributed by atoms with Crippen molar-refractivity contribution in [1.82, 2.24) is 0 Å². The van der Waals surface area contributed by atoms with E-state index in [2.05, 4.69) is 0 Å². The Morgan fingerprint density at radius 1 is 1.03 bits per heavy atom. The van der Waals surface area contributed by atoms with E-state index in [0.29, 0.717) is 0 Å². The first kappa shape index (κ1) is 19.0. The largest absolute Gasteiger partial charge is 0.459 e. The maximum atomic E-state index is 13.4. The predicted octanol–water partition coefficient (Wildman–Crippen LogP) is -1.37. The molecule has 6 rings (SSSR count). The minimum atomic E-state index is -2.24. The number of rotatable bonds is 0. The summed E-state index contributed by atoms with van der Waals surface area (Å²) in [5.41, 5.74) is -8.26. The molecule has 5 unspecified atom stereocenters. The number of carbonyl (C=O) groups is 3. The van der Waals surface area contributed by atoms with E-state index in [1.807, 2.05) is 20.8 Å². The van der Waals surface area contributed by atoms with Gasteiger partial charge in [-0.05, 0) is 24.7 Å². The van der Waals surface area contributed by atoms with Gasteiger partial charge in [0, 0.05) is 0 Å². The molecule has 2 spiro atoms. The average Bonchev–Trinajstić information content (AvgIpc) is 3.35. The Balaban J connectivity index is 1.72. The molecule has 0 amide bonds. The van der Waals surface area contributed by atoms with Crippen LogP contribution in [0, 0.1) is 28.1 Å². The second-order valence-corrected chi connectivity index (χ2v) is 10.7. The van der Waals surface area contributed by atoms with Crippen molar-refractivity contribution < 1.29 is 48.7 Å². The Morgan fingerprint density at radius 2 is 1.70 bits per heavy atom. The zero-order chi connectivity index (χ0) is 21.8. The van der Waals surface area contributed by atoms with Gasteiger partial charge in [0.05, 0.1) is 16.7 Å². The quantitative estimate of drug-likeness (QED) is 0.314. The highest BCUT2D eigenvalue weighted by Gasteiger charge is 3.03. The normalized spacial score (nSPS) is 60.1. The molecule has 2 saturated carbocycles. The van der Waals surface area contributed by atoms with Crippen LogP contribution in [0.5, 0.6) is 0 Å². The Kier molecular flexibility index (Phi) is 2.97. The third-order valence-electron chi connectivity index (χ3n) is 9.00. The van der Waals surface area contributed by atoms with E-state index in [4.69, 9.17) is 18.9 Å². The molecule has 6 aliphatic rings. The third-order valence-corrected chi connectivity index (χ3v) is 9.00. The summed E-state index contributed by atoms with van der Waals surface area (Å²) in [6, 6.07) is 0. The molecule has 4 heterocycles. The van der Waals surface area contributed by atoms with E-state index >= 15 is 0 Å². The van der Waals surface area contributed by atoms with Crippen molar-refractivity contribution in [2.24, 2.45) is 28.1 Å². The summed E-state index contributed by atoms with van der Waals surface area (Å²) in [6.45, 7) is 7.14. The van der Waals surface area contributed by atoms with Crippen LogP contribution >= 0.6 is 0 Å². The molecule has 10 heteroatoms. The molecule has 30 heavy (non-hydrogen) atoms. The van der Waals surface area contributed by atoms with Crippen LogP contribution in [-0.2, 0) is 33.3 Å². The van der Waals surface area contributed by atoms with Crippen LogP contribution in [0.25, 0.3) is 0 Å². The number of hydrogen-bond donors (Lipinski definition) is 3. The lowest BCUT2D eigenvalue weighted by Crippen LogP contribution is -2.67. The van der Waals surface area contributed by atoms with Crippen LogP contribution < -0.4 is 0 Å². The molecule has 6 fully saturated rings. The standard InChI is InChI=1S/C20H24O10/c1-6-12(23)28-11-9(21)18-8-5-7(16(2,3)4)17(18)10(22)13(24)29-15(17)30-20(18,14(25)27-8)19(6,11)26/h6-11,15,21-22,26H,5H2,1-4H3/t6-,7?,8-,9?,10+,11+,15+,17?,18?,19-,20?/m1/s1. The van der Waals surface area contributed by atoms with E-state index < -0.39 is 87.9 Å². The van der Waals surface area contributed by atoms with Gasteiger partial charge >= 0.3 is 17.9 Å². The van der Waals surface area contributed by atoms with Crippen molar-refractivity contribution in [2.75, 3.05) is 0 Å². The molecule has 0 aromatic carbocycles. The molecule has 0 aromatic heterocycles. The summed E-state index contributed by atoms with van der Waals surface area (Å²) in [5, 5.41) is 34.7. The molecule has 0 bridgehead atoms. The smallest absolute Gasteiger partial charge is 0.343 e. The first-order valence-electron chi connectivity index (χ1n) is 10.2. The van der Waals surface area contributed by atoms with Gasteiger partial charge in [0.1, 0.15) is 12.2 Å². The van der Waals surface area contributed by atoms with Crippen LogP contribution in [0.2, 0.25) is 0 Å². The number of esters is 3. The summed E-state index contributed by atoms with van der Waals surface area (Å²) < 4.78 is 22.5. The molecule has 164 valence electrons. The van der Waals surface area contributed by atoms with Crippen molar-refractivity contribution in [3.63, 3.8) is 0 Å². The highest BCUT2D eigenvalue weighted by molar-refractivity contribution is 5.94. The SMILES string of the molecule is C[C@@H]1C(=O)O[C@H]2C(O)C34[C@H]5CC(C(C)(C)C)C36[C@@H](OC(=O)[C@@H]6O)OC4(C(=O)O5)[C@@]12O. The summed E-state index contributed by atoms with van der Waals surface area (Å²) in [6.07, 6.45) is -6.91. The third kappa shape index (κ3) is 1.33. The Morgan fingerprint density at radius 3 is 2.33 bits per heavy atom. The van der Waals surface area contributed by atoms with Crippen LogP contribution in [0.4, 0.5) is 0 Å². The van der Waals surface area contributed by atoms with Crippen molar-refractivity contribution in [3.05, 3.63) is 0 Å². The van der Waals surface area contributed by atoms with Gasteiger partial charge in [0.15, 0.2) is 17.8 Å². The molecule has 0 aromatic rings. The fourth-order valence-electron chi connectivity index (χ4n) is 8.12. The van der Waals surface area contributed by atoms with Gasteiger partial charge in [-0.15, -0.1) is 0 Å². The lowest BCUT2D eigenvalue weighted by Gasteiger charge is -2.47. The van der Waals surface area contributed by atoms with E-state index in [1.54, 1.807) is 0 Å². The number of aliphatic hydroxyl groups excluding tert-OH is 2. The minimum absolute atomic E-state index is 0.229. The van der Waals surface area contributed by atoms with Crippen LogP contribution in [0.1, 0.15) is 34.1 Å². The first-order chi connectivity index (χ1) is 13.8. The minimum Gasteiger partial charge on any atom is -0.459 e. The number of fused-ring (bicyclic) bond motifs is 1. The molecule has 11 atom stereocenters. The maximum absolute atomic E-state index is 13.4. The van der Waals surface area contributed by atoms with Gasteiger partial charge in [-0.1, -0.05) is 20.8 Å². The van der Waals surface area contributed by atoms with Gasteiger partial charge in [-0.25, -0.2) is 9.59 Å². The number of aliphatic hydroxyl groups is 3. The topological polar surface area (TPSA) is 149 Å².